The molecule has 2 aromatic rings. The van der Waals surface area contributed by atoms with E-state index in [0.29, 0.717) is 90.3 Å². The second-order valence-electron chi connectivity index (χ2n) is 12.3. The molecule has 0 radical (unpaired) electrons. The van der Waals surface area contributed by atoms with Gasteiger partial charge >= 0.3 is 6.03 Å². The van der Waals surface area contributed by atoms with Crippen LogP contribution < -0.4 is 19.5 Å². The van der Waals surface area contributed by atoms with E-state index in [0.717, 1.165) is 12.3 Å². The molecule has 11 heteroatoms. The molecule has 6 rings (SSSR count). The number of halogens is 2. The Morgan fingerprint density at radius 2 is 1.66 bits per heavy atom. The van der Waals surface area contributed by atoms with E-state index in [1.165, 1.54) is 12.0 Å². The third-order valence-corrected chi connectivity index (χ3v) is 10.4. The Morgan fingerprint density at radius 1 is 0.977 bits per heavy atom. The molecule has 4 aliphatic rings. The van der Waals surface area contributed by atoms with Crippen LogP contribution in [0.5, 0.6) is 17.2 Å². The van der Waals surface area contributed by atoms with Crippen molar-refractivity contribution in [3.63, 3.8) is 0 Å². The van der Waals surface area contributed by atoms with E-state index >= 15 is 0 Å². The highest BCUT2D eigenvalue weighted by molar-refractivity contribution is 6.42. The largest absolute Gasteiger partial charge is 0.493 e. The number of hydrogen-bond acceptors (Lipinski definition) is 6. The summed E-state index contributed by atoms with van der Waals surface area (Å²) in [7, 11) is 4.65. The maximum Gasteiger partial charge on any atom is 0.321 e. The molecule has 0 spiro atoms. The molecule has 2 atom stereocenters. The Morgan fingerprint density at radius 3 is 2.23 bits per heavy atom. The molecule has 2 aromatic carbocycles. The number of fused-ring (bicyclic) bond motifs is 1. The van der Waals surface area contributed by atoms with Crippen LogP contribution in [-0.2, 0) is 0 Å². The number of piperazine rings is 1. The summed E-state index contributed by atoms with van der Waals surface area (Å²) in [6, 6.07) is 8.31. The van der Waals surface area contributed by atoms with Crippen molar-refractivity contribution in [2.45, 2.75) is 26.7 Å². The minimum absolute atomic E-state index is 0.0796. The van der Waals surface area contributed by atoms with Crippen molar-refractivity contribution in [3.8, 4) is 17.2 Å². The van der Waals surface area contributed by atoms with E-state index in [2.05, 4.69) is 30.1 Å². The third kappa shape index (κ3) is 6.60. The summed E-state index contributed by atoms with van der Waals surface area (Å²) in [5.41, 5.74) is 2.71. The molecular formula is C33H42Cl2N4O5. The zero-order chi connectivity index (χ0) is 31.6. The average Bonchev–Trinajstić information content (AvgIpc) is 3.03. The van der Waals surface area contributed by atoms with Crippen molar-refractivity contribution >= 4 is 40.8 Å². The number of nitrogens with one attached hydrogen (secondary N) is 1. The molecule has 238 valence electrons. The lowest BCUT2D eigenvalue weighted by molar-refractivity contribution is -0.0105. The molecule has 9 nitrogen and oxygen atoms in total. The minimum Gasteiger partial charge on any atom is -0.493 e. The first kappa shape index (κ1) is 32.3. The van der Waals surface area contributed by atoms with Crippen LogP contribution in [0.3, 0.4) is 0 Å². The summed E-state index contributed by atoms with van der Waals surface area (Å²) in [5, 5.41) is 3.74. The zero-order valence-electron chi connectivity index (χ0n) is 26.1. The lowest BCUT2D eigenvalue weighted by atomic mass is 9.49. The smallest absolute Gasteiger partial charge is 0.321 e. The summed E-state index contributed by atoms with van der Waals surface area (Å²) >= 11 is 12.1. The lowest BCUT2D eigenvalue weighted by Gasteiger charge is -2.57. The second-order valence-corrected chi connectivity index (χ2v) is 13.2. The van der Waals surface area contributed by atoms with Crippen molar-refractivity contribution in [2.75, 3.05) is 72.5 Å². The first-order chi connectivity index (χ1) is 21.0. The Kier molecular flexibility index (Phi) is 9.87. The third-order valence-electron chi connectivity index (χ3n) is 9.67. The minimum atomic E-state index is -0.173. The number of ether oxygens (including phenoxy) is 3. The molecular weight excluding hydrogens is 603 g/mol. The molecule has 1 saturated carbocycles. The van der Waals surface area contributed by atoms with Gasteiger partial charge < -0.3 is 29.3 Å². The zero-order valence-corrected chi connectivity index (χ0v) is 27.6. The number of carbonyl (C=O) groups is 2. The molecule has 1 N–H and O–H groups in total. The van der Waals surface area contributed by atoms with Crippen molar-refractivity contribution in [1.29, 1.82) is 0 Å². The monoisotopic (exact) mass is 644 g/mol. The topological polar surface area (TPSA) is 83.6 Å². The number of nitrogens with zero attached hydrogens (tertiary/aromatic N) is 3. The van der Waals surface area contributed by atoms with Gasteiger partial charge in [-0.05, 0) is 60.4 Å². The fourth-order valence-electron chi connectivity index (χ4n) is 6.73. The van der Waals surface area contributed by atoms with Gasteiger partial charge in [-0.15, -0.1) is 0 Å². The quantitative estimate of drug-likeness (QED) is 0.306. The maximum absolute atomic E-state index is 14.1. The van der Waals surface area contributed by atoms with Crippen LogP contribution in [0.1, 0.15) is 37.0 Å². The number of rotatable bonds is 10. The van der Waals surface area contributed by atoms with Gasteiger partial charge in [0.1, 0.15) is 0 Å². The van der Waals surface area contributed by atoms with Crippen molar-refractivity contribution in [2.24, 2.45) is 17.3 Å². The number of anilines is 1. The summed E-state index contributed by atoms with van der Waals surface area (Å²) in [5.74, 6) is 2.49. The molecule has 3 amide bonds. The first-order valence-corrected chi connectivity index (χ1v) is 15.8. The number of methoxy groups -OCH3 is 3. The van der Waals surface area contributed by atoms with Crippen LogP contribution in [-0.4, -0.2) is 93.8 Å². The molecule has 2 unspecified atom stereocenters. The lowest BCUT2D eigenvalue weighted by Crippen LogP contribution is -2.52. The summed E-state index contributed by atoms with van der Waals surface area (Å²) in [4.78, 5) is 33.0. The van der Waals surface area contributed by atoms with Gasteiger partial charge in [0.15, 0.2) is 11.5 Å². The predicted octanol–water partition coefficient (Wildman–Crippen LogP) is 6.30. The number of amides is 3. The van der Waals surface area contributed by atoms with Gasteiger partial charge in [-0.25, -0.2) is 4.79 Å². The molecule has 0 aromatic heterocycles. The molecule has 44 heavy (non-hydrogen) atoms. The molecule has 1 saturated heterocycles. The molecule has 1 aliphatic heterocycles. The number of hydrogen-bond donors (Lipinski definition) is 1. The van der Waals surface area contributed by atoms with Gasteiger partial charge in [0.05, 0.1) is 31.4 Å². The Hall–Kier alpha value is -3.14. The fraction of sp³-hybridized carbons (Fsp3) is 0.515. The van der Waals surface area contributed by atoms with Crippen LogP contribution in [0.2, 0.25) is 10.0 Å². The van der Waals surface area contributed by atoms with Crippen molar-refractivity contribution < 1.29 is 23.8 Å². The predicted molar refractivity (Wildman–Crippen MR) is 174 cm³/mol. The van der Waals surface area contributed by atoms with E-state index in [1.807, 2.05) is 4.90 Å². The first-order valence-electron chi connectivity index (χ1n) is 15.1. The summed E-state index contributed by atoms with van der Waals surface area (Å²) in [6.45, 7) is 9.11. The Balaban J connectivity index is 1.26. The summed E-state index contributed by atoms with van der Waals surface area (Å²) in [6.07, 6.45) is 4.61. The van der Waals surface area contributed by atoms with Gasteiger partial charge in [-0.3, -0.25) is 9.69 Å². The summed E-state index contributed by atoms with van der Waals surface area (Å²) < 4.78 is 16.6. The van der Waals surface area contributed by atoms with Gasteiger partial charge in [0, 0.05) is 57.1 Å². The average molecular weight is 646 g/mol. The standard InChI is InChI=1S/C33H42Cl2N4O5/c1-33(2)23-7-6-21(25(33)18-23)20-39(31(40)22-16-28(42-3)30(44-5)29(17-22)43-4)15-12-37-10-13-38(14-11-37)32(41)36-24-8-9-26(34)27(35)19-24/h6,8-9,16-17,19,23,25H,7,10-15,18,20H2,1-5H3,(H,36,41). The van der Waals surface area contributed by atoms with Crippen molar-refractivity contribution in [1.82, 2.24) is 14.7 Å². The van der Waals surface area contributed by atoms with E-state index in [9.17, 15) is 9.59 Å². The number of allylic oxidation sites excluding steroid dienone is 1. The Labute approximate surface area is 270 Å². The number of carbonyl (C=O) groups excluding carboxylic acids is 2. The molecule has 2 bridgehead atoms. The van der Waals surface area contributed by atoms with Crippen LogP contribution in [0.15, 0.2) is 42.0 Å². The van der Waals surface area contributed by atoms with Crippen LogP contribution in [0.4, 0.5) is 10.5 Å². The van der Waals surface area contributed by atoms with Gasteiger partial charge in [-0.1, -0.05) is 48.7 Å². The molecule has 2 fully saturated rings. The van der Waals surface area contributed by atoms with Crippen LogP contribution in [0.25, 0.3) is 0 Å². The highest BCUT2D eigenvalue weighted by Gasteiger charge is 2.51. The van der Waals surface area contributed by atoms with E-state index < -0.39 is 0 Å². The van der Waals surface area contributed by atoms with Crippen LogP contribution >= 0.6 is 23.2 Å². The maximum atomic E-state index is 14.1. The van der Waals surface area contributed by atoms with E-state index in [4.69, 9.17) is 37.4 Å². The van der Waals surface area contributed by atoms with Crippen molar-refractivity contribution in [3.05, 3.63) is 57.6 Å². The molecule has 1 heterocycles. The van der Waals surface area contributed by atoms with Gasteiger partial charge in [0.25, 0.3) is 5.91 Å². The van der Waals surface area contributed by atoms with Gasteiger partial charge in [-0.2, -0.15) is 0 Å². The van der Waals surface area contributed by atoms with E-state index in [-0.39, 0.29) is 17.4 Å². The number of benzene rings is 2. The highest BCUT2D eigenvalue weighted by atomic mass is 35.5. The highest BCUT2D eigenvalue weighted by Crippen LogP contribution is 2.59. The second kappa shape index (κ2) is 13.5. The van der Waals surface area contributed by atoms with E-state index in [1.54, 1.807) is 56.6 Å². The van der Waals surface area contributed by atoms with Gasteiger partial charge in [0.2, 0.25) is 5.75 Å². The molecule has 3 aliphatic carbocycles. The number of urea groups is 1. The van der Waals surface area contributed by atoms with Crippen LogP contribution in [0, 0.1) is 17.3 Å². The Bertz CT molecular complexity index is 1400. The SMILES string of the molecule is COc1cc(C(=O)N(CCN2CCN(C(=O)Nc3ccc(Cl)c(Cl)c3)CC2)CC2=CCC3CC2C3(C)C)cc(OC)c1OC. The normalized spacial score (nSPS) is 20.7. The fourth-order valence-corrected chi connectivity index (χ4v) is 7.03.